The van der Waals surface area contributed by atoms with Crippen molar-refractivity contribution in [2.24, 2.45) is 0 Å². The number of carbonyl (C=O) groups is 1. The molecule has 0 heterocycles. The van der Waals surface area contributed by atoms with Crippen molar-refractivity contribution < 1.29 is 15.0 Å². The Balaban J connectivity index is 3.10. The molecule has 21 heavy (non-hydrogen) atoms. The third kappa shape index (κ3) is 17.4. The molecule has 0 fully saturated rings. The van der Waals surface area contributed by atoms with Gasteiger partial charge in [-0.3, -0.25) is 4.79 Å². The summed E-state index contributed by atoms with van der Waals surface area (Å²) < 4.78 is 0. The molecular formula is C18H36O3. The standard InChI is InChI=1S/C18H36O3/c1-2-3-11-14-17(19)15-12-9-7-5-4-6-8-10-13-16-18(20)21/h17,19H,2-16H2,1H3,(H,20,21). The number of aliphatic hydroxyl groups is 1. The predicted molar refractivity (Wildman–Crippen MR) is 88.6 cm³/mol. The number of aliphatic hydroxyl groups excluding tert-OH is 1. The van der Waals surface area contributed by atoms with Gasteiger partial charge in [-0.2, -0.15) is 0 Å². The third-order valence-electron chi connectivity index (χ3n) is 4.07. The third-order valence-corrected chi connectivity index (χ3v) is 4.07. The van der Waals surface area contributed by atoms with E-state index in [1.54, 1.807) is 0 Å². The van der Waals surface area contributed by atoms with E-state index in [9.17, 15) is 9.90 Å². The van der Waals surface area contributed by atoms with Crippen LogP contribution in [-0.4, -0.2) is 22.3 Å². The van der Waals surface area contributed by atoms with Crippen LogP contribution in [0.2, 0.25) is 0 Å². The molecule has 1 atom stereocenters. The molecule has 0 aromatic rings. The van der Waals surface area contributed by atoms with Crippen LogP contribution >= 0.6 is 0 Å². The van der Waals surface area contributed by atoms with Crippen molar-refractivity contribution in [2.75, 3.05) is 0 Å². The van der Waals surface area contributed by atoms with Crippen LogP contribution in [0.4, 0.5) is 0 Å². The Morgan fingerprint density at radius 1 is 0.762 bits per heavy atom. The summed E-state index contributed by atoms with van der Waals surface area (Å²) in [4.78, 5) is 10.3. The molecular weight excluding hydrogens is 264 g/mol. The molecule has 0 amide bonds. The van der Waals surface area contributed by atoms with Crippen molar-refractivity contribution in [2.45, 2.75) is 109 Å². The molecule has 0 rings (SSSR count). The molecule has 3 heteroatoms. The fourth-order valence-corrected chi connectivity index (χ4v) is 2.67. The number of hydrogen-bond donors (Lipinski definition) is 2. The molecule has 0 aliphatic carbocycles. The summed E-state index contributed by atoms with van der Waals surface area (Å²) in [6, 6.07) is 0. The van der Waals surface area contributed by atoms with Crippen LogP contribution in [0.25, 0.3) is 0 Å². The van der Waals surface area contributed by atoms with E-state index in [0.717, 1.165) is 32.1 Å². The Morgan fingerprint density at radius 3 is 1.67 bits per heavy atom. The van der Waals surface area contributed by atoms with Gasteiger partial charge >= 0.3 is 5.97 Å². The van der Waals surface area contributed by atoms with Gasteiger partial charge in [0, 0.05) is 6.42 Å². The number of hydrogen-bond acceptors (Lipinski definition) is 2. The van der Waals surface area contributed by atoms with Crippen LogP contribution in [0.1, 0.15) is 103 Å². The van der Waals surface area contributed by atoms with E-state index >= 15 is 0 Å². The number of aliphatic carboxylic acids is 1. The van der Waals surface area contributed by atoms with Gasteiger partial charge in [0.25, 0.3) is 0 Å². The maximum absolute atomic E-state index is 10.3. The van der Waals surface area contributed by atoms with Gasteiger partial charge in [-0.05, 0) is 19.3 Å². The first-order chi connectivity index (χ1) is 10.2. The van der Waals surface area contributed by atoms with Gasteiger partial charge in [-0.25, -0.2) is 0 Å². The van der Waals surface area contributed by atoms with Crippen LogP contribution in [-0.2, 0) is 4.79 Å². The molecule has 0 aromatic carbocycles. The van der Waals surface area contributed by atoms with Crippen LogP contribution in [0.15, 0.2) is 0 Å². The zero-order valence-electron chi connectivity index (χ0n) is 14.0. The molecule has 0 saturated carbocycles. The summed E-state index contributed by atoms with van der Waals surface area (Å²) in [5, 5.41) is 18.3. The first-order valence-corrected chi connectivity index (χ1v) is 9.06. The molecule has 3 nitrogen and oxygen atoms in total. The Bertz CT molecular complexity index is 229. The molecule has 0 aromatic heterocycles. The predicted octanol–water partition coefficient (Wildman–Crippen LogP) is 5.30. The van der Waals surface area contributed by atoms with Gasteiger partial charge in [0.05, 0.1) is 6.10 Å². The van der Waals surface area contributed by atoms with E-state index in [4.69, 9.17) is 5.11 Å². The molecule has 0 radical (unpaired) electrons. The molecule has 2 N–H and O–H groups in total. The van der Waals surface area contributed by atoms with E-state index in [2.05, 4.69) is 6.92 Å². The molecule has 0 saturated heterocycles. The Labute approximate surface area is 131 Å². The smallest absolute Gasteiger partial charge is 0.303 e. The lowest BCUT2D eigenvalue weighted by Crippen LogP contribution is -2.05. The summed E-state index contributed by atoms with van der Waals surface area (Å²) in [6.45, 7) is 2.19. The maximum Gasteiger partial charge on any atom is 0.303 e. The summed E-state index contributed by atoms with van der Waals surface area (Å²) in [5.41, 5.74) is 0. The second-order valence-corrected chi connectivity index (χ2v) is 6.26. The van der Waals surface area contributed by atoms with Crippen molar-refractivity contribution in [1.29, 1.82) is 0 Å². The zero-order chi connectivity index (χ0) is 15.8. The highest BCUT2D eigenvalue weighted by molar-refractivity contribution is 5.66. The molecule has 0 aliphatic rings. The zero-order valence-corrected chi connectivity index (χ0v) is 14.0. The highest BCUT2D eigenvalue weighted by atomic mass is 16.4. The first kappa shape index (κ1) is 20.4. The maximum atomic E-state index is 10.3. The minimum absolute atomic E-state index is 0.0780. The lowest BCUT2D eigenvalue weighted by molar-refractivity contribution is -0.137. The summed E-state index contributed by atoms with van der Waals surface area (Å²) in [5.74, 6) is -0.674. The van der Waals surface area contributed by atoms with Crippen molar-refractivity contribution >= 4 is 5.97 Å². The van der Waals surface area contributed by atoms with Crippen molar-refractivity contribution in [3.63, 3.8) is 0 Å². The van der Waals surface area contributed by atoms with Crippen molar-refractivity contribution in [1.82, 2.24) is 0 Å². The van der Waals surface area contributed by atoms with Crippen LogP contribution in [0, 0.1) is 0 Å². The minimum atomic E-state index is -0.674. The second kappa shape index (κ2) is 15.8. The highest BCUT2D eigenvalue weighted by Crippen LogP contribution is 2.14. The average molecular weight is 300 g/mol. The topological polar surface area (TPSA) is 57.5 Å². The summed E-state index contributed by atoms with van der Waals surface area (Å²) in [6.07, 6.45) is 16.3. The van der Waals surface area contributed by atoms with Crippen LogP contribution < -0.4 is 0 Å². The fraction of sp³-hybridized carbons (Fsp3) is 0.944. The Morgan fingerprint density at radius 2 is 1.19 bits per heavy atom. The van der Waals surface area contributed by atoms with E-state index in [0.29, 0.717) is 6.42 Å². The number of carboxylic acid groups (broad SMARTS) is 1. The van der Waals surface area contributed by atoms with E-state index < -0.39 is 5.97 Å². The van der Waals surface area contributed by atoms with Crippen LogP contribution in [0.3, 0.4) is 0 Å². The van der Waals surface area contributed by atoms with Gasteiger partial charge in [-0.15, -0.1) is 0 Å². The number of unbranched alkanes of at least 4 members (excludes halogenated alkanes) is 10. The largest absolute Gasteiger partial charge is 0.481 e. The normalized spacial score (nSPS) is 12.5. The van der Waals surface area contributed by atoms with Crippen molar-refractivity contribution in [3.8, 4) is 0 Å². The van der Waals surface area contributed by atoms with Gasteiger partial charge in [-0.1, -0.05) is 77.6 Å². The molecule has 0 bridgehead atoms. The lowest BCUT2D eigenvalue weighted by Gasteiger charge is -2.09. The van der Waals surface area contributed by atoms with Crippen LogP contribution in [0.5, 0.6) is 0 Å². The molecule has 126 valence electrons. The van der Waals surface area contributed by atoms with E-state index in [-0.39, 0.29) is 6.10 Å². The SMILES string of the molecule is CCCCCC(O)CCCCCCCCCCCC(=O)O. The second-order valence-electron chi connectivity index (χ2n) is 6.26. The highest BCUT2D eigenvalue weighted by Gasteiger charge is 2.03. The lowest BCUT2D eigenvalue weighted by atomic mass is 10.0. The number of rotatable bonds is 16. The summed E-state index contributed by atoms with van der Waals surface area (Å²) >= 11 is 0. The van der Waals surface area contributed by atoms with Gasteiger partial charge in [0.1, 0.15) is 0 Å². The Kier molecular flexibility index (Phi) is 15.4. The average Bonchev–Trinajstić information content (AvgIpc) is 2.44. The monoisotopic (exact) mass is 300 g/mol. The van der Waals surface area contributed by atoms with Gasteiger partial charge in [0.15, 0.2) is 0 Å². The van der Waals surface area contributed by atoms with Gasteiger partial charge in [0.2, 0.25) is 0 Å². The fourth-order valence-electron chi connectivity index (χ4n) is 2.67. The molecule has 0 aliphatic heterocycles. The number of carboxylic acids is 1. The summed E-state index contributed by atoms with van der Waals surface area (Å²) in [7, 11) is 0. The molecule has 1 unspecified atom stereocenters. The molecule has 0 spiro atoms. The quantitative estimate of drug-likeness (QED) is 0.380. The van der Waals surface area contributed by atoms with E-state index in [1.807, 2.05) is 0 Å². The van der Waals surface area contributed by atoms with Crippen molar-refractivity contribution in [3.05, 3.63) is 0 Å². The minimum Gasteiger partial charge on any atom is -0.481 e. The van der Waals surface area contributed by atoms with Gasteiger partial charge < -0.3 is 10.2 Å². The van der Waals surface area contributed by atoms with E-state index in [1.165, 1.54) is 57.8 Å². The first-order valence-electron chi connectivity index (χ1n) is 9.06. The Hall–Kier alpha value is -0.570.